The highest BCUT2D eigenvalue weighted by atomic mass is 35.5. The number of carbonyl (C=O) groups is 1. The van der Waals surface area contributed by atoms with E-state index in [1.54, 1.807) is 22.9 Å². The van der Waals surface area contributed by atoms with Gasteiger partial charge in [0.1, 0.15) is 0 Å². The van der Waals surface area contributed by atoms with Crippen molar-refractivity contribution in [3.05, 3.63) is 70.1 Å². The number of nitrogens with two attached hydrogens (primary N) is 1. The van der Waals surface area contributed by atoms with E-state index in [-0.39, 0.29) is 23.9 Å². The topological polar surface area (TPSA) is 77.1 Å². The predicted molar refractivity (Wildman–Crippen MR) is 103 cm³/mol. The maximum atomic E-state index is 11.9. The number of benzene rings is 1. The Bertz CT molecular complexity index is 726. The lowest BCUT2D eigenvalue weighted by molar-refractivity contribution is -0.122. The van der Waals surface area contributed by atoms with E-state index in [1.807, 2.05) is 44.2 Å². The van der Waals surface area contributed by atoms with Crippen molar-refractivity contribution < 1.29 is 4.79 Å². The second-order valence-corrected chi connectivity index (χ2v) is 6.44. The lowest BCUT2D eigenvalue weighted by Gasteiger charge is -2.14. The highest BCUT2D eigenvalue weighted by molar-refractivity contribution is 5.85. The van der Waals surface area contributed by atoms with Crippen molar-refractivity contribution in [3.63, 3.8) is 0 Å². The molecule has 0 saturated carbocycles. The third-order valence-corrected chi connectivity index (χ3v) is 3.80. The molecule has 0 aliphatic rings. The van der Waals surface area contributed by atoms with Gasteiger partial charge in [0.05, 0.1) is 12.6 Å². The van der Waals surface area contributed by atoms with Crippen LogP contribution in [0.15, 0.2) is 53.5 Å². The zero-order valence-electron chi connectivity index (χ0n) is 14.6. The van der Waals surface area contributed by atoms with Crippen molar-refractivity contribution in [1.82, 2.24) is 9.88 Å². The molecule has 0 aliphatic heterocycles. The molecule has 0 radical (unpaired) electrons. The standard InChI is InChI=1S/C19H25N3O2.ClH/c1-14(2)11-17(20)19(24)21-12-15-6-8-16(9-7-15)13-22-10-4-3-5-18(22)23;/h3-10,14,17H,11-13,20H2,1-2H3,(H,21,24);1H/t17-;/m0./s1. The van der Waals surface area contributed by atoms with E-state index < -0.39 is 6.04 Å². The summed E-state index contributed by atoms with van der Waals surface area (Å²) in [7, 11) is 0. The van der Waals surface area contributed by atoms with Crippen LogP contribution in [-0.2, 0) is 17.9 Å². The van der Waals surface area contributed by atoms with E-state index in [1.165, 1.54) is 0 Å². The summed E-state index contributed by atoms with van der Waals surface area (Å²) < 4.78 is 1.65. The first-order valence-electron chi connectivity index (χ1n) is 8.22. The molecular formula is C19H26ClN3O2. The number of amides is 1. The van der Waals surface area contributed by atoms with E-state index in [9.17, 15) is 9.59 Å². The Morgan fingerprint density at radius 2 is 1.76 bits per heavy atom. The van der Waals surface area contributed by atoms with Crippen LogP contribution in [0.2, 0.25) is 0 Å². The zero-order chi connectivity index (χ0) is 17.5. The Morgan fingerprint density at radius 1 is 1.12 bits per heavy atom. The molecule has 1 atom stereocenters. The lowest BCUT2D eigenvalue weighted by atomic mass is 10.0. The summed E-state index contributed by atoms with van der Waals surface area (Å²) in [6.45, 7) is 5.08. The molecule has 25 heavy (non-hydrogen) atoms. The van der Waals surface area contributed by atoms with E-state index in [4.69, 9.17) is 5.73 Å². The van der Waals surface area contributed by atoms with Crippen molar-refractivity contribution in [2.24, 2.45) is 11.7 Å². The third kappa shape index (κ3) is 6.72. The summed E-state index contributed by atoms with van der Waals surface area (Å²) in [5, 5.41) is 2.86. The van der Waals surface area contributed by atoms with Gasteiger partial charge in [-0.15, -0.1) is 12.4 Å². The number of carbonyl (C=O) groups excluding carboxylic acids is 1. The molecule has 0 spiro atoms. The van der Waals surface area contributed by atoms with Crippen LogP contribution in [0.3, 0.4) is 0 Å². The van der Waals surface area contributed by atoms with Gasteiger partial charge < -0.3 is 15.6 Å². The minimum atomic E-state index is -0.464. The summed E-state index contributed by atoms with van der Waals surface area (Å²) in [6, 6.07) is 12.5. The minimum Gasteiger partial charge on any atom is -0.351 e. The number of halogens is 1. The molecule has 6 heteroatoms. The molecular weight excluding hydrogens is 338 g/mol. The summed E-state index contributed by atoms with van der Waals surface area (Å²) in [5.74, 6) is 0.273. The van der Waals surface area contributed by atoms with Gasteiger partial charge in [-0.2, -0.15) is 0 Å². The quantitative estimate of drug-likeness (QED) is 0.792. The van der Waals surface area contributed by atoms with Crippen LogP contribution in [0.25, 0.3) is 0 Å². The van der Waals surface area contributed by atoms with Gasteiger partial charge in [-0.25, -0.2) is 0 Å². The first kappa shape index (κ1) is 20.9. The Kier molecular flexibility index (Phi) is 8.38. The van der Waals surface area contributed by atoms with Gasteiger partial charge in [0.2, 0.25) is 5.91 Å². The van der Waals surface area contributed by atoms with Crippen LogP contribution in [0.5, 0.6) is 0 Å². The molecule has 5 nitrogen and oxygen atoms in total. The number of aromatic nitrogens is 1. The van der Waals surface area contributed by atoms with Gasteiger partial charge in [-0.3, -0.25) is 9.59 Å². The summed E-state index contributed by atoms with van der Waals surface area (Å²) in [5.41, 5.74) is 7.88. The molecule has 2 rings (SSSR count). The Hall–Kier alpha value is -2.11. The molecule has 0 aliphatic carbocycles. The predicted octanol–water partition coefficient (Wildman–Crippen LogP) is 2.31. The van der Waals surface area contributed by atoms with Gasteiger partial charge >= 0.3 is 0 Å². The van der Waals surface area contributed by atoms with Crippen molar-refractivity contribution in [2.45, 2.75) is 39.4 Å². The molecule has 0 unspecified atom stereocenters. The fourth-order valence-electron chi connectivity index (χ4n) is 2.49. The first-order chi connectivity index (χ1) is 11.5. The Labute approximate surface area is 154 Å². The molecule has 1 aromatic heterocycles. The highest BCUT2D eigenvalue weighted by Crippen LogP contribution is 2.07. The molecule has 3 N–H and O–H groups in total. The molecule has 1 aromatic carbocycles. The molecule has 136 valence electrons. The number of pyridine rings is 1. The highest BCUT2D eigenvalue weighted by Gasteiger charge is 2.14. The van der Waals surface area contributed by atoms with Crippen LogP contribution in [0.4, 0.5) is 0 Å². The Balaban J connectivity index is 0.00000312. The average molecular weight is 364 g/mol. The first-order valence-corrected chi connectivity index (χ1v) is 8.22. The van der Waals surface area contributed by atoms with Crippen LogP contribution in [0.1, 0.15) is 31.4 Å². The van der Waals surface area contributed by atoms with Crippen molar-refractivity contribution in [1.29, 1.82) is 0 Å². The largest absolute Gasteiger partial charge is 0.351 e. The summed E-state index contributed by atoms with van der Waals surface area (Å²) >= 11 is 0. The van der Waals surface area contributed by atoms with Gasteiger partial charge in [-0.05, 0) is 29.5 Å². The fraction of sp³-hybridized carbons (Fsp3) is 0.368. The molecule has 0 bridgehead atoms. The van der Waals surface area contributed by atoms with E-state index in [2.05, 4.69) is 5.32 Å². The van der Waals surface area contributed by atoms with E-state index >= 15 is 0 Å². The number of hydrogen-bond donors (Lipinski definition) is 2. The van der Waals surface area contributed by atoms with Crippen LogP contribution in [-0.4, -0.2) is 16.5 Å². The molecule has 2 aromatic rings. The van der Waals surface area contributed by atoms with Gasteiger partial charge in [0.15, 0.2) is 0 Å². The smallest absolute Gasteiger partial charge is 0.250 e. The van der Waals surface area contributed by atoms with Crippen LogP contribution in [0, 0.1) is 5.92 Å². The SMILES string of the molecule is CC(C)C[C@H](N)C(=O)NCc1ccc(Cn2ccccc2=O)cc1.Cl. The zero-order valence-corrected chi connectivity index (χ0v) is 15.5. The van der Waals surface area contributed by atoms with Crippen molar-refractivity contribution in [2.75, 3.05) is 0 Å². The molecule has 1 amide bonds. The Morgan fingerprint density at radius 3 is 2.36 bits per heavy atom. The third-order valence-electron chi connectivity index (χ3n) is 3.80. The minimum absolute atomic E-state index is 0. The van der Waals surface area contributed by atoms with Crippen LogP contribution < -0.4 is 16.6 Å². The number of hydrogen-bond acceptors (Lipinski definition) is 3. The molecule has 0 saturated heterocycles. The average Bonchev–Trinajstić information content (AvgIpc) is 2.55. The van der Waals surface area contributed by atoms with Crippen LogP contribution >= 0.6 is 12.4 Å². The number of nitrogens with one attached hydrogen (secondary N) is 1. The van der Waals surface area contributed by atoms with Gasteiger partial charge in [0, 0.05) is 18.8 Å². The lowest BCUT2D eigenvalue weighted by Crippen LogP contribution is -2.41. The normalized spacial score (nSPS) is 11.7. The second kappa shape index (κ2) is 10.0. The summed E-state index contributed by atoms with van der Waals surface area (Å²) in [4.78, 5) is 23.6. The number of rotatable bonds is 7. The second-order valence-electron chi connectivity index (χ2n) is 6.44. The van der Waals surface area contributed by atoms with Crippen molar-refractivity contribution >= 4 is 18.3 Å². The van der Waals surface area contributed by atoms with E-state index in [0.29, 0.717) is 25.4 Å². The maximum Gasteiger partial charge on any atom is 0.250 e. The maximum absolute atomic E-state index is 11.9. The fourth-order valence-corrected chi connectivity index (χ4v) is 2.49. The summed E-state index contributed by atoms with van der Waals surface area (Å²) in [6.07, 6.45) is 2.45. The monoisotopic (exact) mass is 363 g/mol. The number of nitrogens with zero attached hydrogens (tertiary/aromatic N) is 1. The van der Waals surface area contributed by atoms with Gasteiger partial charge in [0.25, 0.3) is 5.56 Å². The molecule has 1 heterocycles. The van der Waals surface area contributed by atoms with Gasteiger partial charge in [-0.1, -0.05) is 44.2 Å². The van der Waals surface area contributed by atoms with Crippen molar-refractivity contribution in [3.8, 4) is 0 Å². The van der Waals surface area contributed by atoms with E-state index in [0.717, 1.165) is 11.1 Å². The molecule has 0 fully saturated rings.